The van der Waals surface area contributed by atoms with Crippen molar-refractivity contribution in [3.63, 3.8) is 0 Å². The predicted octanol–water partition coefficient (Wildman–Crippen LogP) is 2.59. The van der Waals surface area contributed by atoms with Crippen molar-refractivity contribution in [2.24, 2.45) is 0 Å². The second kappa shape index (κ2) is 5.48. The lowest BCUT2D eigenvalue weighted by Gasteiger charge is -2.00. The zero-order valence-electron chi connectivity index (χ0n) is 10.0. The summed E-state index contributed by atoms with van der Waals surface area (Å²) in [5, 5.41) is 3.95. The molecule has 4 nitrogen and oxygen atoms in total. The van der Waals surface area contributed by atoms with Gasteiger partial charge in [-0.1, -0.05) is 36.7 Å². The molecule has 0 saturated carbocycles. The monoisotopic (exact) mass is 231 g/mol. The van der Waals surface area contributed by atoms with Crippen LogP contribution in [0.2, 0.25) is 0 Å². The fraction of sp³-hybridized carbons (Fsp3) is 0.385. The Kier molecular flexibility index (Phi) is 3.75. The van der Waals surface area contributed by atoms with Crippen molar-refractivity contribution in [1.82, 2.24) is 10.1 Å². The van der Waals surface area contributed by atoms with Gasteiger partial charge in [0.2, 0.25) is 5.89 Å². The van der Waals surface area contributed by atoms with Crippen LogP contribution in [0.15, 0.2) is 28.8 Å². The molecule has 0 aliphatic rings. The summed E-state index contributed by atoms with van der Waals surface area (Å²) in [5.41, 5.74) is 7.66. The number of aryl methyl sites for hydroxylation is 1. The van der Waals surface area contributed by atoms with E-state index in [4.69, 9.17) is 10.3 Å². The van der Waals surface area contributed by atoms with Gasteiger partial charge in [-0.3, -0.25) is 0 Å². The Morgan fingerprint density at radius 2 is 2.12 bits per heavy atom. The minimum atomic E-state index is 0.603. The van der Waals surface area contributed by atoms with E-state index in [0.717, 1.165) is 36.3 Å². The first-order valence-electron chi connectivity index (χ1n) is 5.94. The second-order valence-electron chi connectivity index (χ2n) is 4.08. The van der Waals surface area contributed by atoms with Crippen LogP contribution in [0, 0.1) is 0 Å². The van der Waals surface area contributed by atoms with E-state index in [-0.39, 0.29) is 0 Å². The first-order chi connectivity index (χ1) is 8.29. The van der Waals surface area contributed by atoms with Crippen molar-refractivity contribution in [1.29, 1.82) is 0 Å². The fourth-order valence-electron chi connectivity index (χ4n) is 1.66. The van der Waals surface area contributed by atoms with Gasteiger partial charge in [-0.05, 0) is 18.1 Å². The number of para-hydroxylation sites is 1. The Morgan fingerprint density at radius 3 is 2.88 bits per heavy atom. The third-order valence-electron chi connectivity index (χ3n) is 2.66. The molecule has 0 atom stereocenters. The van der Waals surface area contributed by atoms with E-state index in [1.165, 1.54) is 0 Å². The normalized spacial score (nSPS) is 10.6. The Hall–Kier alpha value is -1.84. The average molecular weight is 231 g/mol. The van der Waals surface area contributed by atoms with Crippen LogP contribution in [0.5, 0.6) is 0 Å². The summed E-state index contributed by atoms with van der Waals surface area (Å²) in [5.74, 6) is 1.42. The Morgan fingerprint density at radius 1 is 1.29 bits per heavy atom. The summed E-state index contributed by atoms with van der Waals surface area (Å²) < 4.78 is 5.20. The summed E-state index contributed by atoms with van der Waals surface area (Å²) in [6, 6.07) is 7.73. The van der Waals surface area contributed by atoms with Gasteiger partial charge in [0.25, 0.3) is 0 Å². The summed E-state index contributed by atoms with van der Waals surface area (Å²) in [6.07, 6.45) is 3.71. The van der Waals surface area contributed by atoms with Gasteiger partial charge in [0, 0.05) is 12.1 Å². The number of unbranched alkanes of at least 4 members (excludes halogenated alkanes) is 1. The lowest BCUT2D eigenvalue weighted by Crippen LogP contribution is -1.95. The molecule has 0 bridgehead atoms. The Bertz CT molecular complexity index is 479. The average Bonchev–Trinajstić information content (AvgIpc) is 2.77. The first-order valence-corrected chi connectivity index (χ1v) is 5.94. The highest BCUT2D eigenvalue weighted by Gasteiger charge is 2.08. The summed E-state index contributed by atoms with van der Waals surface area (Å²) in [6.45, 7) is 2.14. The third-order valence-corrected chi connectivity index (χ3v) is 2.66. The number of rotatable bonds is 5. The number of benzene rings is 1. The van der Waals surface area contributed by atoms with Gasteiger partial charge in [-0.2, -0.15) is 4.98 Å². The van der Waals surface area contributed by atoms with Crippen molar-refractivity contribution < 1.29 is 4.52 Å². The standard InChI is InChI=1S/C13H17N3O/c1-2-3-8-12-15-13(17-16-12)9-10-6-4-5-7-11(10)14/h4-7H,2-3,8-9,14H2,1H3. The van der Waals surface area contributed by atoms with Crippen molar-refractivity contribution >= 4 is 5.69 Å². The van der Waals surface area contributed by atoms with Crippen LogP contribution in [0.1, 0.15) is 37.0 Å². The van der Waals surface area contributed by atoms with E-state index in [2.05, 4.69) is 17.1 Å². The molecule has 0 aliphatic heterocycles. The number of nitrogens with zero attached hydrogens (tertiary/aromatic N) is 2. The van der Waals surface area contributed by atoms with E-state index in [1.807, 2.05) is 24.3 Å². The SMILES string of the molecule is CCCCc1noc(Cc2ccccc2N)n1. The molecule has 1 aromatic heterocycles. The molecule has 0 amide bonds. The molecule has 17 heavy (non-hydrogen) atoms. The van der Waals surface area contributed by atoms with Crippen molar-refractivity contribution in [3.8, 4) is 0 Å². The number of nitrogens with two attached hydrogens (primary N) is 1. The van der Waals surface area contributed by atoms with Crippen LogP contribution in [-0.4, -0.2) is 10.1 Å². The van der Waals surface area contributed by atoms with Crippen LogP contribution < -0.4 is 5.73 Å². The van der Waals surface area contributed by atoms with Crippen LogP contribution in [0.4, 0.5) is 5.69 Å². The van der Waals surface area contributed by atoms with E-state index in [1.54, 1.807) is 0 Å². The van der Waals surface area contributed by atoms with E-state index in [0.29, 0.717) is 12.3 Å². The van der Waals surface area contributed by atoms with Crippen LogP contribution >= 0.6 is 0 Å². The zero-order chi connectivity index (χ0) is 12.1. The van der Waals surface area contributed by atoms with E-state index >= 15 is 0 Å². The topological polar surface area (TPSA) is 64.9 Å². The van der Waals surface area contributed by atoms with E-state index in [9.17, 15) is 0 Å². The number of hydrogen-bond acceptors (Lipinski definition) is 4. The summed E-state index contributed by atoms with van der Waals surface area (Å²) >= 11 is 0. The van der Waals surface area contributed by atoms with Crippen molar-refractivity contribution in [2.75, 3.05) is 5.73 Å². The highest BCUT2D eigenvalue weighted by molar-refractivity contribution is 5.47. The van der Waals surface area contributed by atoms with Crippen LogP contribution in [0.3, 0.4) is 0 Å². The smallest absolute Gasteiger partial charge is 0.231 e. The number of aromatic nitrogens is 2. The second-order valence-corrected chi connectivity index (χ2v) is 4.08. The maximum Gasteiger partial charge on any atom is 0.231 e. The van der Waals surface area contributed by atoms with Crippen LogP contribution in [-0.2, 0) is 12.8 Å². The van der Waals surface area contributed by atoms with Gasteiger partial charge in [-0.15, -0.1) is 0 Å². The first kappa shape index (κ1) is 11.6. The minimum absolute atomic E-state index is 0.603. The molecule has 0 aliphatic carbocycles. The molecule has 90 valence electrons. The molecule has 0 radical (unpaired) electrons. The molecule has 2 aromatic rings. The molecule has 4 heteroatoms. The number of hydrogen-bond donors (Lipinski definition) is 1. The van der Waals surface area contributed by atoms with Gasteiger partial charge >= 0.3 is 0 Å². The highest BCUT2D eigenvalue weighted by Crippen LogP contribution is 2.15. The van der Waals surface area contributed by atoms with Gasteiger partial charge in [0.05, 0.1) is 6.42 Å². The van der Waals surface area contributed by atoms with Gasteiger partial charge in [0.15, 0.2) is 5.82 Å². The third kappa shape index (κ3) is 3.06. The molecule has 0 spiro atoms. The van der Waals surface area contributed by atoms with Crippen LogP contribution in [0.25, 0.3) is 0 Å². The lowest BCUT2D eigenvalue weighted by molar-refractivity contribution is 0.379. The minimum Gasteiger partial charge on any atom is -0.398 e. The molecule has 2 N–H and O–H groups in total. The predicted molar refractivity (Wildman–Crippen MR) is 66.6 cm³/mol. The molecule has 1 aromatic carbocycles. The Balaban J connectivity index is 2.04. The van der Waals surface area contributed by atoms with Crippen molar-refractivity contribution in [3.05, 3.63) is 41.5 Å². The Labute approximate surface area is 101 Å². The molecule has 0 saturated heterocycles. The fourth-order valence-corrected chi connectivity index (χ4v) is 1.66. The number of nitrogen functional groups attached to an aromatic ring is 1. The molecular formula is C13H17N3O. The molecule has 1 heterocycles. The maximum atomic E-state index is 5.87. The summed E-state index contributed by atoms with van der Waals surface area (Å²) in [4.78, 5) is 4.35. The van der Waals surface area contributed by atoms with Gasteiger partial charge in [-0.25, -0.2) is 0 Å². The molecule has 0 unspecified atom stereocenters. The molecule has 0 fully saturated rings. The maximum absolute atomic E-state index is 5.87. The van der Waals surface area contributed by atoms with Gasteiger partial charge in [0.1, 0.15) is 0 Å². The molecular weight excluding hydrogens is 214 g/mol. The quantitative estimate of drug-likeness (QED) is 0.803. The zero-order valence-corrected chi connectivity index (χ0v) is 10.0. The van der Waals surface area contributed by atoms with E-state index < -0.39 is 0 Å². The molecule has 2 rings (SSSR count). The number of anilines is 1. The summed E-state index contributed by atoms with van der Waals surface area (Å²) in [7, 11) is 0. The highest BCUT2D eigenvalue weighted by atomic mass is 16.5. The van der Waals surface area contributed by atoms with Gasteiger partial charge < -0.3 is 10.3 Å². The lowest BCUT2D eigenvalue weighted by atomic mass is 10.1. The van der Waals surface area contributed by atoms with Crippen molar-refractivity contribution in [2.45, 2.75) is 32.6 Å². The largest absolute Gasteiger partial charge is 0.398 e.